The van der Waals surface area contributed by atoms with Crippen LogP contribution >= 0.6 is 11.6 Å². The fourth-order valence-electron chi connectivity index (χ4n) is 2.73. The summed E-state index contributed by atoms with van der Waals surface area (Å²) in [5.41, 5.74) is 1.13. The number of hydrogen-bond donors (Lipinski definition) is 1. The van der Waals surface area contributed by atoms with Gasteiger partial charge in [0.1, 0.15) is 18.2 Å². The monoisotopic (exact) mass is 397 g/mol. The van der Waals surface area contributed by atoms with E-state index in [2.05, 4.69) is 5.32 Å². The van der Waals surface area contributed by atoms with Crippen molar-refractivity contribution >= 4 is 33.0 Å². The number of hydrogen-bond acceptors (Lipinski definition) is 4. The van der Waals surface area contributed by atoms with Crippen LogP contribution in [0.4, 0.5) is 10.1 Å². The molecular formula is C18H17ClFNO4S. The first-order valence-electron chi connectivity index (χ1n) is 8.00. The topological polar surface area (TPSA) is 72.5 Å². The van der Waals surface area contributed by atoms with E-state index >= 15 is 0 Å². The summed E-state index contributed by atoms with van der Waals surface area (Å²) in [5.74, 6) is -0.903. The van der Waals surface area contributed by atoms with Crippen LogP contribution in [0.1, 0.15) is 12.0 Å². The predicted molar refractivity (Wildman–Crippen MR) is 97.6 cm³/mol. The molecule has 8 heteroatoms. The van der Waals surface area contributed by atoms with Gasteiger partial charge in [-0.25, -0.2) is 12.8 Å². The van der Waals surface area contributed by atoms with Crippen molar-refractivity contribution in [3.05, 3.63) is 58.9 Å². The van der Waals surface area contributed by atoms with Crippen LogP contribution in [0.25, 0.3) is 0 Å². The molecule has 2 aromatic carbocycles. The van der Waals surface area contributed by atoms with Gasteiger partial charge in [0.05, 0.1) is 22.4 Å². The Morgan fingerprint density at radius 2 is 2.08 bits per heavy atom. The highest BCUT2D eigenvalue weighted by Crippen LogP contribution is 2.29. The van der Waals surface area contributed by atoms with Crippen molar-refractivity contribution in [2.75, 3.05) is 16.8 Å². The smallest absolute Gasteiger partial charge is 0.228 e. The summed E-state index contributed by atoms with van der Waals surface area (Å²) in [5, 5.41) is 2.97. The number of carbonyl (C=O) groups excluding carboxylic acids is 1. The van der Waals surface area contributed by atoms with Gasteiger partial charge in [0.25, 0.3) is 0 Å². The lowest BCUT2D eigenvalue weighted by Crippen LogP contribution is -2.23. The van der Waals surface area contributed by atoms with Crippen LogP contribution in [-0.4, -0.2) is 25.8 Å². The summed E-state index contributed by atoms with van der Waals surface area (Å²) in [4.78, 5) is 12.2. The molecule has 1 heterocycles. The molecule has 1 amide bonds. The number of nitrogens with one attached hydrogen (secondary N) is 1. The molecule has 1 aliphatic rings. The molecule has 3 rings (SSSR count). The number of rotatable bonds is 5. The molecule has 26 heavy (non-hydrogen) atoms. The van der Waals surface area contributed by atoms with Gasteiger partial charge in [-0.15, -0.1) is 0 Å². The number of benzene rings is 2. The van der Waals surface area contributed by atoms with Crippen molar-refractivity contribution in [3.63, 3.8) is 0 Å². The predicted octanol–water partition coefficient (Wildman–Crippen LogP) is 3.43. The van der Waals surface area contributed by atoms with Crippen LogP contribution in [0.3, 0.4) is 0 Å². The molecule has 0 aliphatic carbocycles. The summed E-state index contributed by atoms with van der Waals surface area (Å²) in [7, 11) is -3.12. The number of carbonyl (C=O) groups is 1. The third kappa shape index (κ3) is 4.74. The molecule has 0 bridgehead atoms. The molecule has 1 aliphatic heterocycles. The molecule has 0 saturated carbocycles. The third-order valence-electron chi connectivity index (χ3n) is 4.09. The van der Waals surface area contributed by atoms with Crippen LogP contribution in [0.2, 0.25) is 5.02 Å². The lowest BCUT2D eigenvalue weighted by atomic mass is 10.1. The first kappa shape index (κ1) is 18.7. The normalized spacial score (nSPS) is 18.5. The molecule has 0 unspecified atom stereocenters. The van der Waals surface area contributed by atoms with Crippen molar-refractivity contribution in [1.29, 1.82) is 0 Å². The zero-order chi connectivity index (χ0) is 18.7. The molecule has 5 nitrogen and oxygen atoms in total. The zero-order valence-electron chi connectivity index (χ0n) is 13.7. The second-order valence-electron chi connectivity index (χ2n) is 6.15. The van der Waals surface area contributed by atoms with Gasteiger partial charge < -0.3 is 10.1 Å². The van der Waals surface area contributed by atoms with E-state index in [-0.39, 0.29) is 29.8 Å². The fraction of sp³-hybridized carbons (Fsp3) is 0.278. The van der Waals surface area contributed by atoms with Gasteiger partial charge in [-0.3, -0.25) is 4.79 Å². The Balaban J connectivity index is 1.61. The Labute approximate surface area is 156 Å². The Hall–Kier alpha value is -2.12. The third-order valence-corrected chi connectivity index (χ3v) is 6.15. The van der Waals surface area contributed by atoms with Gasteiger partial charge in [0, 0.05) is 5.69 Å². The maximum Gasteiger partial charge on any atom is 0.228 e. The molecular weight excluding hydrogens is 381 g/mol. The Morgan fingerprint density at radius 3 is 2.73 bits per heavy atom. The second kappa shape index (κ2) is 7.63. The van der Waals surface area contributed by atoms with Crippen LogP contribution in [0, 0.1) is 11.7 Å². The average molecular weight is 398 g/mol. The number of amides is 1. The minimum atomic E-state index is -3.12. The summed E-state index contributed by atoms with van der Waals surface area (Å²) in [6.45, 7) is 0.156. The Kier molecular flexibility index (Phi) is 5.48. The summed E-state index contributed by atoms with van der Waals surface area (Å²) in [6.07, 6.45) is 0.330. The van der Waals surface area contributed by atoms with Gasteiger partial charge in [-0.1, -0.05) is 23.7 Å². The molecule has 2 aromatic rings. The van der Waals surface area contributed by atoms with E-state index in [9.17, 15) is 17.6 Å². The van der Waals surface area contributed by atoms with Crippen molar-refractivity contribution in [1.82, 2.24) is 0 Å². The summed E-state index contributed by atoms with van der Waals surface area (Å²) < 4.78 is 41.7. The van der Waals surface area contributed by atoms with Gasteiger partial charge in [-0.2, -0.15) is 0 Å². The zero-order valence-corrected chi connectivity index (χ0v) is 15.3. The van der Waals surface area contributed by atoms with E-state index in [1.807, 2.05) is 0 Å². The van der Waals surface area contributed by atoms with Crippen molar-refractivity contribution < 1.29 is 22.3 Å². The van der Waals surface area contributed by atoms with Crippen LogP contribution < -0.4 is 10.1 Å². The molecule has 138 valence electrons. The van der Waals surface area contributed by atoms with Crippen molar-refractivity contribution in [3.8, 4) is 5.75 Å². The average Bonchev–Trinajstić information content (AvgIpc) is 2.94. The minimum Gasteiger partial charge on any atom is -0.487 e. The Bertz CT molecular complexity index is 933. The molecule has 0 spiro atoms. The lowest BCUT2D eigenvalue weighted by Gasteiger charge is -2.12. The van der Waals surface area contributed by atoms with Crippen LogP contribution in [0.15, 0.2) is 42.5 Å². The molecule has 1 atom stereocenters. The van der Waals surface area contributed by atoms with Gasteiger partial charge in [-0.05, 0) is 42.3 Å². The van der Waals surface area contributed by atoms with Gasteiger partial charge in [0.15, 0.2) is 9.84 Å². The molecule has 0 radical (unpaired) electrons. The molecule has 1 saturated heterocycles. The van der Waals surface area contributed by atoms with Gasteiger partial charge in [0.2, 0.25) is 5.91 Å². The van der Waals surface area contributed by atoms with Crippen molar-refractivity contribution in [2.24, 2.45) is 5.92 Å². The first-order chi connectivity index (χ1) is 12.3. The molecule has 1 N–H and O–H groups in total. The maximum atomic E-state index is 13.2. The van der Waals surface area contributed by atoms with E-state index in [0.29, 0.717) is 28.4 Å². The molecule has 1 fully saturated rings. The minimum absolute atomic E-state index is 0.0404. The number of ether oxygens (including phenoxy) is 1. The highest BCUT2D eigenvalue weighted by Gasteiger charge is 2.32. The number of halogens is 2. The van der Waals surface area contributed by atoms with E-state index in [1.54, 1.807) is 24.3 Å². The second-order valence-corrected chi connectivity index (χ2v) is 8.79. The largest absolute Gasteiger partial charge is 0.487 e. The van der Waals surface area contributed by atoms with E-state index < -0.39 is 15.8 Å². The SMILES string of the molecule is O=C(Nc1ccc(OCc2cccc(F)c2)c(Cl)c1)[C@H]1CCS(=O)(=O)C1. The number of sulfone groups is 1. The van der Waals surface area contributed by atoms with E-state index in [4.69, 9.17) is 16.3 Å². The lowest BCUT2D eigenvalue weighted by molar-refractivity contribution is -0.119. The van der Waals surface area contributed by atoms with Gasteiger partial charge >= 0.3 is 0 Å². The fourth-order valence-corrected chi connectivity index (χ4v) is 4.71. The summed E-state index contributed by atoms with van der Waals surface area (Å²) in [6, 6.07) is 10.8. The molecule has 0 aromatic heterocycles. The summed E-state index contributed by atoms with van der Waals surface area (Å²) >= 11 is 6.17. The quantitative estimate of drug-likeness (QED) is 0.838. The highest BCUT2D eigenvalue weighted by molar-refractivity contribution is 7.91. The highest BCUT2D eigenvalue weighted by atomic mass is 35.5. The Morgan fingerprint density at radius 1 is 1.27 bits per heavy atom. The van der Waals surface area contributed by atoms with Crippen molar-refractivity contribution in [2.45, 2.75) is 13.0 Å². The first-order valence-corrected chi connectivity index (χ1v) is 10.2. The van der Waals surface area contributed by atoms with Crippen LogP contribution in [0.5, 0.6) is 5.75 Å². The van der Waals surface area contributed by atoms with Crippen LogP contribution in [-0.2, 0) is 21.2 Å². The van der Waals surface area contributed by atoms with E-state index in [1.165, 1.54) is 18.2 Å². The standard InChI is InChI=1S/C18H17ClFNO4S/c19-16-9-15(21-18(22)13-6-7-26(23,24)11-13)4-5-17(16)25-10-12-2-1-3-14(20)8-12/h1-5,8-9,13H,6-7,10-11H2,(H,21,22)/t13-/m0/s1. The number of anilines is 1. The maximum absolute atomic E-state index is 13.2. The van der Waals surface area contributed by atoms with E-state index in [0.717, 1.165) is 0 Å².